The molecular weight excluding hydrogens is 288 g/mol. The number of phenols is 2. The molecule has 0 bridgehead atoms. The fourth-order valence-electron chi connectivity index (χ4n) is 2.56. The maximum absolute atomic E-state index is 12.7. The topological polar surface area (TPSA) is 57.5 Å². The molecule has 0 radical (unpaired) electrons. The predicted molar refractivity (Wildman–Crippen MR) is 88.9 cm³/mol. The Labute approximate surface area is 134 Å². The average Bonchev–Trinajstić information content (AvgIpc) is 2.60. The molecule has 0 heterocycles. The van der Waals surface area contributed by atoms with E-state index in [1.54, 1.807) is 30.3 Å². The molecule has 23 heavy (non-hydrogen) atoms. The van der Waals surface area contributed by atoms with Crippen LogP contribution in [0.25, 0.3) is 0 Å². The van der Waals surface area contributed by atoms with Crippen molar-refractivity contribution in [3.05, 3.63) is 95.1 Å². The van der Waals surface area contributed by atoms with Crippen LogP contribution in [-0.4, -0.2) is 16.0 Å². The number of phenolic OH excluding ortho intramolecular Hbond substituents is 2. The molecule has 0 aromatic heterocycles. The summed E-state index contributed by atoms with van der Waals surface area (Å²) < 4.78 is 0. The van der Waals surface area contributed by atoms with E-state index in [1.807, 2.05) is 36.4 Å². The highest BCUT2D eigenvalue weighted by atomic mass is 16.3. The minimum Gasteiger partial charge on any atom is -0.504 e. The summed E-state index contributed by atoms with van der Waals surface area (Å²) in [6, 6.07) is 21.3. The molecule has 0 amide bonds. The third-order valence-electron chi connectivity index (χ3n) is 3.77. The first-order valence-electron chi connectivity index (χ1n) is 7.34. The lowest BCUT2D eigenvalue weighted by Gasteiger charge is -2.12. The van der Waals surface area contributed by atoms with Gasteiger partial charge >= 0.3 is 0 Å². The summed E-state index contributed by atoms with van der Waals surface area (Å²) in [6.45, 7) is 0. The molecule has 3 aromatic rings. The Bertz CT molecular complexity index is 824. The quantitative estimate of drug-likeness (QED) is 0.567. The second-order valence-electron chi connectivity index (χ2n) is 5.32. The Morgan fingerprint density at radius 2 is 1.39 bits per heavy atom. The Morgan fingerprint density at radius 1 is 0.783 bits per heavy atom. The zero-order valence-electron chi connectivity index (χ0n) is 12.4. The van der Waals surface area contributed by atoms with Crippen LogP contribution >= 0.6 is 0 Å². The van der Waals surface area contributed by atoms with Crippen LogP contribution in [0.5, 0.6) is 11.5 Å². The van der Waals surface area contributed by atoms with E-state index in [-0.39, 0.29) is 17.3 Å². The molecule has 0 fully saturated rings. The highest BCUT2D eigenvalue weighted by molar-refractivity contribution is 6.10. The minimum atomic E-state index is -0.240. The van der Waals surface area contributed by atoms with Crippen LogP contribution in [0, 0.1) is 0 Å². The van der Waals surface area contributed by atoms with Gasteiger partial charge in [-0.3, -0.25) is 4.79 Å². The van der Waals surface area contributed by atoms with Crippen molar-refractivity contribution in [2.45, 2.75) is 6.42 Å². The summed E-state index contributed by atoms with van der Waals surface area (Å²) >= 11 is 0. The molecular formula is C20H16O3. The smallest absolute Gasteiger partial charge is 0.193 e. The normalized spacial score (nSPS) is 10.4. The lowest BCUT2D eigenvalue weighted by molar-refractivity contribution is 0.103. The first-order chi connectivity index (χ1) is 11.2. The molecule has 114 valence electrons. The first-order valence-corrected chi connectivity index (χ1v) is 7.34. The van der Waals surface area contributed by atoms with Crippen molar-refractivity contribution in [2.24, 2.45) is 0 Å². The summed E-state index contributed by atoms with van der Waals surface area (Å²) in [5.74, 6) is -0.636. The number of carbonyl (C=O) groups excluding carboxylic acids is 1. The molecule has 0 aliphatic carbocycles. The van der Waals surface area contributed by atoms with Crippen LogP contribution in [-0.2, 0) is 6.42 Å². The summed E-state index contributed by atoms with van der Waals surface area (Å²) in [4.78, 5) is 12.7. The van der Waals surface area contributed by atoms with Gasteiger partial charge in [0, 0.05) is 23.1 Å². The summed E-state index contributed by atoms with van der Waals surface area (Å²) in [5.41, 5.74) is 2.34. The van der Waals surface area contributed by atoms with Crippen molar-refractivity contribution >= 4 is 5.78 Å². The molecule has 3 nitrogen and oxygen atoms in total. The van der Waals surface area contributed by atoms with Crippen LogP contribution in [0.2, 0.25) is 0 Å². The van der Waals surface area contributed by atoms with Crippen LogP contribution in [0.4, 0.5) is 0 Å². The van der Waals surface area contributed by atoms with Gasteiger partial charge in [0.2, 0.25) is 0 Å². The van der Waals surface area contributed by atoms with E-state index in [0.717, 1.165) is 5.56 Å². The second-order valence-corrected chi connectivity index (χ2v) is 5.32. The Kier molecular flexibility index (Phi) is 4.11. The molecule has 0 saturated carbocycles. The van der Waals surface area contributed by atoms with Crippen LogP contribution in [0.15, 0.2) is 72.8 Å². The third kappa shape index (κ3) is 3.09. The zero-order valence-corrected chi connectivity index (χ0v) is 12.4. The largest absolute Gasteiger partial charge is 0.504 e. The fraction of sp³-hybridized carbons (Fsp3) is 0.0500. The summed E-state index contributed by atoms with van der Waals surface area (Å²) in [6.07, 6.45) is 0.370. The van der Waals surface area contributed by atoms with Gasteiger partial charge in [-0.1, -0.05) is 60.7 Å². The maximum atomic E-state index is 12.7. The SMILES string of the molecule is O=C(c1ccccc1)c1ccc(O)c(O)c1Cc1ccccc1. The van der Waals surface area contributed by atoms with E-state index in [1.165, 1.54) is 6.07 Å². The van der Waals surface area contributed by atoms with E-state index in [2.05, 4.69) is 0 Å². The number of ketones is 1. The molecule has 0 spiro atoms. The van der Waals surface area contributed by atoms with E-state index in [9.17, 15) is 15.0 Å². The van der Waals surface area contributed by atoms with Crippen molar-refractivity contribution in [3.63, 3.8) is 0 Å². The van der Waals surface area contributed by atoms with Gasteiger partial charge in [0.15, 0.2) is 17.3 Å². The molecule has 0 saturated heterocycles. The minimum absolute atomic E-state index is 0.174. The number of benzene rings is 3. The molecule has 3 heteroatoms. The van der Waals surface area contributed by atoms with Crippen LogP contribution in [0.3, 0.4) is 0 Å². The van der Waals surface area contributed by atoms with Crippen molar-refractivity contribution < 1.29 is 15.0 Å². The van der Waals surface area contributed by atoms with Gasteiger partial charge in [0.1, 0.15) is 0 Å². The zero-order chi connectivity index (χ0) is 16.2. The molecule has 0 atom stereocenters. The lowest BCUT2D eigenvalue weighted by atomic mass is 9.93. The van der Waals surface area contributed by atoms with Gasteiger partial charge in [0.25, 0.3) is 0 Å². The fourth-order valence-corrected chi connectivity index (χ4v) is 2.56. The number of hydrogen-bond donors (Lipinski definition) is 2. The van der Waals surface area contributed by atoms with Crippen molar-refractivity contribution in [1.82, 2.24) is 0 Å². The van der Waals surface area contributed by atoms with E-state index in [4.69, 9.17) is 0 Å². The summed E-state index contributed by atoms with van der Waals surface area (Å²) in [5, 5.41) is 20.0. The standard InChI is InChI=1S/C20H16O3/c21-18-12-11-16(19(22)15-9-5-2-6-10-15)17(20(18)23)13-14-7-3-1-4-8-14/h1-12,21,23H,13H2. The Morgan fingerprint density at radius 3 is 2.04 bits per heavy atom. The highest BCUT2D eigenvalue weighted by Crippen LogP contribution is 2.34. The Hall–Kier alpha value is -3.07. The number of rotatable bonds is 4. The molecule has 0 unspecified atom stereocenters. The second kappa shape index (κ2) is 6.36. The van der Waals surface area contributed by atoms with E-state index in [0.29, 0.717) is 23.1 Å². The van der Waals surface area contributed by atoms with Gasteiger partial charge in [-0.15, -0.1) is 0 Å². The molecule has 2 N–H and O–H groups in total. The summed E-state index contributed by atoms with van der Waals surface area (Å²) in [7, 11) is 0. The first kappa shape index (κ1) is 14.9. The van der Waals surface area contributed by atoms with Crippen LogP contribution in [0.1, 0.15) is 27.0 Å². The third-order valence-corrected chi connectivity index (χ3v) is 3.77. The molecule has 3 aromatic carbocycles. The van der Waals surface area contributed by atoms with Crippen molar-refractivity contribution in [1.29, 1.82) is 0 Å². The monoisotopic (exact) mass is 304 g/mol. The lowest BCUT2D eigenvalue weighted by Crippen LogP contribution is -2.06. The number of aromatic hydroxyl groups is 2. The van der Waals surface area contributed by atoms with E-state index < -0.39 is 0 Å². The number of carbonyl (C=O) groups is 1. The molecule has 0 aliphatic heterocycles. The Balaban J connectivity index is 2.07. The predicted octanol–water partition coefficient (Wildman–Crippen LogP) is 3.92. The van der Waals surface area contributed by atoms with Gasteiger partial charge in [0.05, 0.1) is 0 Å². The van der Waals surface area contributed by atoms with Gasteiger partial charge in [-0.05, 0) is 17.7 Å². The van der Waals surface area contributed by atoms with Crippen LogP contribution < -0.4 is 0 Å². The molecule has 3 rings (SSSR count). The van der Waals surface area contributed by atoms with Gasteiger partial charge < -0.3 is 10.2 Å². The van der Waals surface area contributed by atoms with Gasteiger partial charge in [-0.2, -0.15) is 0 Å². The van der Waals surface area contributed by atoms with Crippen molar-refractivity contribution in [3.8, 4) is 11.5 Å². The van der Waals surface area contributed by atoms with Gasteiger partial charge in [-0.25, -0.2) is 0 Å². The maximum Gasteiger partial charge on any atom is 0.193 e. The average molecular weight is 304 g/mol. The number of hydrogen-bond acceptors (Lipinski definition) is 3. The molecule has 0 aliphatic rings. The van der Waals surface area contributed by atoms with Crippen molar-refractivity contribution in [2.75, 3.05) is 0 Å². The van der Waals surface area contributed by atoms with E-state index >= 15 is 0 Å². The highest BCUT2D eigenvalue weighted by Gasteiger charge is 2.19.